The van der Waals surface area contributed by atoms with E-state index in [1.54, 1.807) is 6.07 Å². The summed E-state index contributed by atoms with van der Waals surface area (Å²) in [5, 5.41) is 5.26. The van der Waals surface area contributed by atoms with Crippen LogP contribution in [0.15, 0.2) is 46.8 Å². The molecule has 1 amide bonds. The number of nitrogens with one attached hydrogen (secondary N) is 1. The van der Waals surface area contributed by atoms with E-state index in [4.69, 9.17) is 0 Å². The minimum atomic E-state index is -0.239. The predicted octanol–water partition coefficient (Wildman–Crippen LogP) is 3.22. The molecule has 0 saturated heterocycles. The van der Waals surface area contributed by atoms with Gasteiger partial charge in [-0.2, -0.15) is 0 Å². The van der Waals surface area contributed by atoms with Crippen LogP contribution in [0, 0.1) is 0 Å². The number of para-hydroxylation sites is 1. The maximum Gasteiger partial charge on any atom is 0.262 e. The fourth-order valence-corrected chi connectivity index (χ4v) is 3.19. The predicted molar refractivity (Wildman–Crippen MR) is 93.0 cm³/mol. The topological polar surface area (TPSA) is 64.0 Å². The van der Waals surface area contributed by atoms with E-state index in [1.165, 1.54) is 22.2 Å². The van der Waals surface area contributed by atoms with Crippen LogP contribution in [0.3, 0.4) is 0 Å². The number of hydrogen-bond acceptors (Lipinski definition) is 4. The standard InChI is InChI=1S/C17H17N3O2S/c1-11(2)12-5-3-4-6-14(12)19-15(21)9-20-10-18-16-13(17(20)22)7-8-23-16/h3-8,10-11H,9H2,1-2H3,(H,19,21). The van der Waals surface area contributed by atoms with E-state index < -0.39 is 0 Å². The summed E-state index contributed by atoms with van der Waals surface area (Å²) >= 11 is 1.41. The summed E-state index contributed by atoms with van der Waals surface area (Å²) in [5.41, 5.74) is 1.66. The van der Waals surface area contributed by atoms with Crippen molar-refractivity contribution in [2.45, 2.75) is 26.3 Å². The second-order valence-electron chi connectivity index (χ2n) is 5.61. The number of carbonyl (C=O) groups excluding carboxylic acids is 1. The number of fused-ring (bicyclic) bond motifs is 1. The molecule has 0 unspecified atom stereocenters. The molecule has 6 heteroatoms. The summed E-state index contributed by atoms with van der Waals surface area (Å²) in [7, 11) is 0. The molecule has 0 spiro atoms. The minimum absolute atomic E-state index is 0.0515. The number of hydrogen-bond donors (Lipinski definition) is 1. The molecule has 0 fully saturated rings. The van der Waals surface area contributed by atoms with E-state index in [0.717, 1.165) is 11.3 Å². The molecule has 0 bridgehead atoms. The van der Waals surface area contributed by atoms with Gasteiger partial charge >= 0.3 is 0 Å². The smallest absolute Gasteiger partial charge is 0.262 e. The van der Waals surface area contributed by atoms with Gasteiger partial charge in [-0.1, -0.05) is 32.0 Å². The van der Waals surface area contributed by atoms with Gasteiger partial charge in [0.25, 0.3) is 5.56 Å². The van der Waals surface area contributed by atoms with Gasteiger partial charge in [0.1, 0.15) is 11.4 Å². The quantitative estimate of drug-likeness (QED) is 0.800. The van der Waals surface area contributed by atoms with E-state index in [-0.39, 0.29) is 18.0 Å². The molecule has 0 saturated carbocycles. The largest absolute Gasteiger partial charge is 0.324 e. The van der Waals surface area contributed by atoms with Crippen LogP contribution in [0.25, 0.3) is 10.2 Å². The van der Waals surface area contributed by atoms with E-state index in [2.05, 4.69) is 24.1 Å². The maximum absolute atomic E-state index is 12.3. The molecular weight excluding hydrogens is 310 g/mol. The van der Waals surface area contributed by atoms with Crippen molar-refractivity contribution in [2.24, 2.45) is 0 Å². The minimum Gasteiger partial charge on any atom is -0.324 e. The van der Waals surface area contributed by atoms with Crippen LogP contribution < -0.4 is 10.9 Å². The molecule has 0 aliphatic rings. The van der Waals surface area contributed by atoms with Crippen LogP contribution in [0.2, 0.25) is 0 Å². The zero-order valence-corrected chi connectivity index (χ0v) is 13.8. The van der Waals surface area contributed by atoms with Crippen molar-refractivity contribution in [3.63, 3.8) is 0 Å². The molecule has 0 aliphatic heterocycles. The van der Waals surface area contributed by atoms with Gasteiger partial charge in [0.2, 0.25) is 5.91 Å². The van der Waals surface area contributed by atoms with E-state index >= 15 is 0 Å². The first kappa shape index (κ1) is 15.4. The van der Waals surface area contributed by atoms with Crippen molar-refractivity contribution in [1.82, 2.24) is 9.55 Å². The van der Waals surface area contributed by atoms with Gasteiger partial charge in [-0.25, -0.2) is 4.98 Å². The molecule has 0 atom stereocenters. The normalized spacial score (nSPS) is 11.1. The first-order valence-corrected chi connectivity index (χ1v) is 8.25. The third-order valence-electron chi connectivity index (χ3n) is 3.62. The van der Waals surface area contributed by atoms with Gasteiger partial charge in [0.15, 0.2) is 0 Å². The van der Waals surface area contributed by atoms with Gasteiger partial charge in [0, 0.05) is 5.69 Å². The number of benzene rings is 1. The lowest BCUT2D eigenvalue weighted by Crippen LogP contribution is -2.27. The van der Waals surface area contributed by atoms with Gasteiger partial charge in [-0.15, -0.1) is 11.3 Å². The number of aromatic nitrogens is 2. The monoisotopic (exact) mass is 327 g/mol. The Balaban J connectivity index is 1.82. The summed E-state index contributed by atoms with van der Waals surface area (Å²) in [4.78, 5) is 29.5. The van der Waals surface area contributed by atoms with Crippen LogP contribution in [0.1, 0.15) is 25.3 Å². The highest BCUT2D eigenvalue weighted by Crippen LogP contribution is 2.23. The zero-order valence-electron chi connectivity index (χ0n) is 12.9. The van der Waals surface area contributed by atoms with Crippen LogP contribution in [-0.4, -0.2) is 15.5 Å². The molecule has 2 heterocycles. The number of amides is 1. The molecule has 1 N–H and O–H groups in total. The molecule has 3 aromatic rings. The fraction of sp³-hybridized carbons (Fsp3) is 0.235. The summed E-state index contributed by atoms with van der Waals surface area (Å²) in [6.45, 7) is 4.10. The van der Waals surface area contributed by atoms with Crippen molar-refractivity contribution in [1.29, 1.82) is 0 Å². The van der Waals surface area contributed by atoms with Crippen LogP contribution in [0.4, 0.5) is 5.69 Å². The Labute approximate surface area is 137 Å². The first-order valence-electron chi connectivity index (χ1n) is 7.37. The molecule has 1 aromatic carbocycles. The first-order chi connectivity index (χ1) is 11.1. The summed E-state index contributed by atoms with van der Waals surface area (Å²) in [5.74, 6) is 0.0645. The zero-order chi connectivity index (χ0) is 16.4. The summed E-state index contributed by atoms with van der Waals surface area (Å²) in [6, 6.07) is 9.43. The fourth-order valence-electron chi connectivity index (χ4n) is 2.46. The van der Waals surface area contributed by atoms with Gasteiger partial charge in [0.05, 0.1) is 11.7 Å². The van der Waals surface area contributed by atoms with Crippen molar-refractivity contribution in [3.05, 3.63) is 58.0 Å². The second-order valence-corrected chi connectivity index (χ2v) is 6.50. The number of carbonyl (C=O) groups is 1. The van der Waals surface area contributed by atoms with E-state index in [0.29, 0.717) is 16.1 Å². The number of anilines is 1. The van der Waals surface area contributed by atoms with E-state index in [9.17, 15) is 9.59 Å². The maximum atomic E-state index is 12.3. The lowest BCUT2D eigenvalue weighted by molar-refractivity contribution is -0.116. The average molecular weight is 327 g/mol. The number of nitrogens with zero attached hydrogens (tertiary/aromatic N) is 2. The molecule has 23 heavy (non-hydrogen) atoms. The van der Waals surface area contributed by atoms with Crippen LogP contribution in [0.5, 0.6) is 0 Å². The molecular formula is C17H17N3O2S. The van der Waals surface area contributed by atoms with Crippen LogP contribution >= 0.6 is 11.3 Å². The van der Waals surface area contributed by atoms with Gasteiger partial charge in [-0.05, 0) is 29.0 Å². The molecule has 3 rings (SSSR count). The van der Waals surface area contributed by atoms with Gasteiger partial charge < -0.3 is 5.32 Å². The summed E-state index contributed by atoms with van der Waals surface area (Å²) < 4.78 is 1.34. The second kappa shape index (κ2) is 6.34. The third-order valence-corrected chi connectivity index (χ3v) is 4.44. The number of rotatable bonds is 4. The Hall–Kier alpha value is -2.47. The highest BCUT2D eigenvalue weighted by molar-refractivity contribution is 7.16. The molecule has 0 aliphatic carbocycles. The van der Waals surface area contributed by atoms with Crippen molar-refractivity contribution < 1.29 is 4.79 Å². The highest BCUT2D eigenvalue weighted by Gasteiger charge is 2.11. The lowest BCUT2D eigenvalue weighted by atomic mass is 10.0. The van der Waals surface area contributed by atoms with Crippen molar-refractivity contribution in [3.8, 4) is 0 Å². The van der Waals surface area contributed by atoms with Crippen molar-refractivity contribution in [2.75, 3.05) is 5.32 Å². The number of thiophene rings is 1. The lowest BCUT2D eigenvalue weighted by Gasteiger charge is -2.14. The molecule has 5 nitrogen and oxygen atoms in total. The van der Waals surface area contributed by atoms with Crippen LogP contribution in [-0.2, 0) is 11.3 Å². The molecule has 0 radical (unpaired) electrons. The molecule has 2 aromatic heterocycles. The Kier molecular flexibility index (Phi) is 4.25. The average Bonchev–Trinajstić information content (AvgIpc) is 3.00. The SMILES string of the molecule is CC(C)c1ccccc1NC(=O)Cn1cnc2sccc2c1=O. The third kappa shape index (κ3) is 3.17. The Morgan fingerprint density at radius 2 is 2.09 bits per heavy atom. The van der Waals surface area contributed by atoms with Crippen molar-refractivity contribution >= 4 is 33.1 Å². The Morgan fingerprint density at radius 1 is 1.30 bits per heavy atom. The van der Waals surface area contributed by atoms with E-state index in [1.807, 2.05) is 29.6 Å². The van der Waals surface area contributed by atoms with Gasteiger partial charge in [-0.3, -0.25) is 14.2 Å². The molecule has 118 valence electrons. The Bertz CT molecular complexity index is 911. The Morgan fingerprint density at radius 3 is 2.87 bits per heavy atom. The summed E-state index contributed by atoms with van der Waals surface area (Å²) in [6.07, 6.45) is 1.43. The highest BCUT2D eigenvalue weighted by atomic mass is 32.1.